The van der Waals surface area contributed by atoms with Crippen LogP contribution in [0.4, 0.5) is 19.0 Å². The molecule has 0 saturated heterocycles. The number of nitrogens with two attached hydrogens (primary N) is 1. The number of aliphatic imine (C=N–C) groups is 1. The van der Waals surface area contributed by atoms with Crippen molar-refractivity contribution < 1.29 is 18.0 Å². The predicted octanol–water partition coefficient (Wildman–Crippen LogP) is 3.22. The second-order valence-corrected chi connectivity index (χ2v) is 7.72. The van der Waals surface area contributed by atoms with Crippen LogP contribution in [0.1, 0.15) is 21.5 Å². The molecule has 0 unspecified atom stereocenters. The van der Waals surface area contributed by atoms with Gasteiger partial charge in [-0.15, -0.1) is 0 Å². The Kier molecular flexibility index (Phi) is 6.09. The molecule has 5 heterocycles. The average Bonchev–Trinajstić information content (AvgIpc) is 3.53. The molecule has 10 nitrogen and oxygen atoms in total. The monoisotopic (exact) mass is 505 g/mol. The van der Waals surface area contributed by atoms with E-state index in [0.29, 0.717) is 29.4 Å². The molecular weight excluding hydrogens is 487 g/mol. The number of allylic oxidation sites excluding steroid dienone is 1. The molecule has 0 spiro atoms. The van der Waals surface area contributed by atoms with Crippen LogP contribution in [-0.4, -0.2) is 47.7 Å². The fourth-order valence-corrected chi connectivity index (χ4v) is 3.76. The van der Waals surface area contributed by atoms with E-state index < -0.39 is 17.6 Å². The number of primary amides is 1. The molecule has 2 aliphatic rings. The summed E-state index contributed by atoms with van der Waals surface area (Å²) >= 11 is 0. The van der Waals surface area contributed by atoms with Crippen molar-refractivity contribution in [1.82, 2.24) is 29.6 Å². The summed E-state index contributed by atoms with van der Waals surface area (Å²) in [7, 11) is 0. The number of hydrogen-bond donors (Lipinski definition) is 1. The molecule has 0 atom stereocenters. The van der Waals surface area contributed by atoms with Crippen LogP contribution < -0.4 is 10.7 Å². The summed E-state index contributed by atoms with van der Waals surface area (Å²) in [6, 6.07) is 7.16. The Hall–Kier alpha value is -5.07. The van der Waals surface area contributed by atoms with Crippen molar-refractivity contribution in [3.05, 3.63) is 108 Å². The predicted molar refractivity (Wildman–Crippen MR) is 128 cm³/mol. The summed E-state index contributed by atoms with van der Waals surface area (Å²) in [5.74, 6) is 0.677. The molecular formula is C24H18F3N9O. The van der Waals surface area contributed by atoms with E-state index >= 15 is 0 Å². The number of aromatic nitrogens is 5. The number of carbonyl (C=O) groups is 1. The number of benzene rings is 1. The second-order valence-electron chi connectivity index (χ2n) is 7.72. The normalized spacial score (nSPS) is 14.6. The maximum atomic E-state index is 13.2. The first-order chi connectivity index (χ1) is 17.8. The van der Waals surface area contributed by atoms with E-state index in [1.54, 1.807) is 60.4 Å². The third-order valence-electron chi connectivity index (χ3n) is 5.42. The summed E-state index contributed by atoms with van der Waals surface area (Å²) in [6.45, 7) is 0.510. The molecule has 1 aromatic carbocycles. The van der Waals surface area contributed by atoms with Crippen LogP contribution in [0.5, 0.6) is 0 Å². The SMILES string of the molecule is FC(F)(F)c1ccccc1C1=NC2=CCN(c3cnccn3)N2C=C1.NC(=O)c1cnn2cccnc12. The van der Waals surface area contributed by atoms with Gasteiger partial charge < -0.3 is 5.73 Å². The van der Waals surface area contributed by atoms with Gasteiger partial charge in [-0.05, 0) is 24.3 Å². The van der Waals surface area contributed by atoms with Gasteiger partial charge in [-0.1, -0.05) is 18.2 Å². The van der Waals surface area contributed by atoms with Crippen LogP contribution in [0.3, 0.4) is 0 Å². The Morgan fingerprint density at radius 2 is 1.86 bits per heavy atom. The first kappa shape index (κ1) is 23.7. The number of halogens is 3. The number of fused-ring (bicyclic) bond motifs is 2. The van der Waals surface area contributed by atoms with Gasteiger partial charge >= 0.3 is 6.18 Å². The Bertz CT molecular complexity index is 1540. The number of rotatable bonds is 3. The van der Waals surface area contributed by atoms with Gasteiger partial charge in [-0.25, -0.2) is 24.5 Å². The van der Waals surface area contributed by atoms with Gasteiger partial charge in [0.2, 0.25) is 0 Å². The minimum Gasteiger partial charge on any atom is -0.365 e. The molecule has 13 heteroatoms. The first-order valence-corrected chi connectivity index (χ1v) is 10.9. The third kappa shape index (κ3) is 4.74. The number of anilines is 1. The molecule has 0 aliphatic carbocycles. The van der Waals surface area contributed by atoms with Gasteiger partial charge in [0, 0.05) is 36.6 Å². The number of nitrogens with zero attached hydrogens (tertiary/aromatic N) is 8. The Morgan fingerprint density at radius 3 is 2.62 bits per heavy atom. The van der Waals surface area contributed by atoms with Crippen molar-refractivity contribution in [3.8, 4) is 0 Å². The van der Waals surface area contributed by atoms with Crippen LogP contribution in [0.25, 0.3) is 5.65 Å². The molecule has 2 aliphatic heterocycles. The van der Waals surface area contributed by atoms with E-state index in [1.165, 1.54) is 22.8 Å². The zero-order chi connectivity index (χ0) is 26.0. The number of carbonyl (C=O) groups excluding carboxylic acids is 1. The highest BCUT2D eigenvalue weighted by atomic mass is 19.4. The van der Waals surface area contributed by atoms with Crippen LogP contribution >= 0.6 is 0 Å². The van der Waals surface area contributed by atoms with Gasteiger partial charge in [-0.2, -0.15) is 18.3 Å². The summed E-state index contributed by atoms with van der Waals surface area (Å²) in [4.78, 5) is 27.4. The maximum Gasteiger partial charge on any atom is 0.417 e. The summed E-state index contributed by atoms with van der Waals surface area (Å²) in [6.07, 6.45) is 10.1. The van der Waals surface area contributed by atoms with Crippen molar-refractivity contribution in [1.29, 1.82) is 0 Å². The third-order valence-corrected chi connectivity index (χ3v) is 5.42. The smallest absolute Gasteiger partial charge is 0.365 e. The maximum absolute atomic E-state index is 13.2. The zero-order valence-corrected chi connectivity index (χ0v) is 19.0. The minimum atomic E-state index is -4.43. The van der Waals surface area contributed by atoms with Crippen molar-refractivity contribution in [2.45, 2.75) is 6.18 Å². The van der Waals surface area contributed by atoms with Crippen LogP contribution in [0, 0.1) is 0 Å². The highest BCUT2D eigenvalue weighted by Gasteiger charge is 2.35. The average molecular weight is 505 g/mol. The minimum absolute atomic E-state index is 0.0600. The second kappa shape index (κ2) is 9.53. The van der Waals surface area contributed by atoms with Crippen molar-refractivity contribution in [2.75, 3.05) is 11.6 Å². The standard InChI is InChI=1S/C17H12F3N5.C7H6N4O/c18-17(19,20)13-4-2-1-3-12(13)14-5-9-24-15(23-14)6-10-25(24)16-11-21-7-8-22-16;8-6(12)5-4-10-11-3-1-2-9-7(5)11/h1-9,11H,10H2;1-4H,(H2,8,12). The molecule has 0 bridgehead atoms. The van der Waals surface area contributed by atoms with Gasteiger partial charge in [0.1, 0.15) is 11.4 Å². The highest BCUT2D eigenvalue weighted by Crippen LogP contribution is 2.34. The van der Waals surface area contributed by atoms with E-state index in [0.717, 1.165) is 6.07 Å². The molecule has 0 fully saturated rings. The van der Waals surface area contributed by atoms with E-state index in [-0.39, 0.29) is 11.3 Å². The van der Waals surface area contributed by atoms with Gasteiger partial charge in [-0.3, -0.25) is 14.8 Å². The van der Waals surface area contributed by atoms with E-state index in [2.05, 4.69) is 25.0 Å². The molecule has 2 N–H and O–H groups in total. The van der Waals surface area contributed by atoms with Crippen LogP contribution in [0.2, 0.25) is 0 Å². The fourth-order valence-electron chi connectivity index (χ4n) is 3.76. The molecule has 6 rings (SSSR count). The summed E-state index contributed by atoms with van der Waals surface area (Å²) in [5.41, 5.74) is 5.56. The molecule has 37 heavy (non-hydrogen) atoms. The molecule has 0 saturated carbocycles. The Balaban J connectivity index is 0.000000195. The highest BCUT2D eigenvalue weighted by molar-refractivity contribution is 6.10. The molecule has 0 radical (unpaired) electrons. The van der Waals surface area contributed by atoms with E-state index in [1.807, 2.05) is 11.1 Å². The lowest BCUT2D eigenvalue weighted by atomic mass is 10.0. The Labute approximate surface area is 207 Å². The van der Waals surface area contributed by atoms with Crippen molar-refractivity contribution >= 4 is 23.1 Å². The fraction of sp³-hybridized carbons (Fsp3) is 0.0833. The number of hydrogen-bond acceptors (Lipinski definition) is 8. The molecule has 3 aromatic heterocycles. The number of amides is 1. The summed E-state index contributed by atoms with van der Waals surface area (Å²) < 4.78 is 41.2. The zero-order valence-electron chi connectivity index (χ0n) is 19.0. The van der Waals surface area contributed by atoms with E-state index in [9.17, 15) is 18.0 Å². The topological polar surface area (TPSA) is 118 Å². The van der Waals surface area contributed by atoms with Crippen molar-refractivity contribution in [3.63, 3.8) is 0 Å². The quantitative estimate of drug-likeness (QED) is 0.454. The van der Waals surface area contributed by atoms with Crippen molar-refractivity contribution in [2.24, 2.45) is 10.7 Å². The lowest BCUT2D eigenvalue weighted by molar-refractivity contribution is -0.137. The molecule has 186 valence electrons. The van der Waals surface area contributed by atoms with Gasteiger partial charge in [0.05, 0.1) is 30.2 Å². The molecule has 4 aromatic rings. The van der Waals surface area contributed by atoms with Gasteiger partial charge in [0.25, 0.3) is 5.91 Å². The number of alkyl halides is 3. The van der Waals surface area contributed by atoms with E-state index in [4.69, 9.17) is 5.73 Å². The number of hydrazine groups is 1. The van der Waals surface area contributed by atoms with Crippen LogP contribution in [0.15, 0.2) is 96.7 Å². The molecule has 1 amide bonds. The Morgan fingerprint density at radius 1 is 1.03 bits per heavy atom. The first-order valence-electron chi connectivity index (χ1n) is 10.9. The van der Waals surface area contributed by atoms with Crippen LogP contribution in [-0.2, 0) is 6.18 Å². The largest absolute Gasteiger partial charge is 0.417 e. The summed E-state index contributed by atoms with van der Waals surface area (Å²) in [5, 5.41) is 7.46. The lowest BCUT2D eigenvalue weighted by Crippen LogP contribution is -2.35. The van der Waals surface area contributed by atoms with Gasteiger partial charge in [0.15, 0.2) is 11.5 Å². The lowest BCUT2D eigenvalue weighted by Gasteiger charge is -2.30.